The van der Waals surface area contributed by atoms with Crippen molar-refractivity contribution in [3.05, 3.63) is 35.4 Å². The van der Waals surface area contributed by atoms with Crippen LogP contribution in [0.5, 0.6) is 5.75 Å². The van der Waals surface area contributed by atoms with Gasteiger partial charge in [-0.15, -0.1) is 0 Å². The van der Waals surface area contributed by atoms with Gasteiger partial charge in [-0.05, 0) is 29.9 Å². The van der Waals surface area contributed by atoms with E-state index in [1.54, 1.807) is 0 Å². The number of fused-ring (bicyclic) bond motifs is 3. The Morgan fingerprint density at radius 3 is 3.07 bits per heavy atom. The number of phenolic OH excluding ortho intramolecular Hbond substituents is 1. The van der Waals surface area contributed by atoms with Gasteiger partial charge in [0.1, 0.15) is 5.75 Å². The maximum Gasteiger partial charge on any atom is 0.125 e. The number of hydrogen-bond acceptors (Lipinski definition) is 2. The maximum atomic E-state index is 9.92. The molecule has 0 fully saturated rings. The van der Waals surface area contributed by atoms with Crippen molar-refractivity contribution in [2.45, 2.75) is 13.3 Å². The van der Waals surface area contributed by atoms with Crippen molar-refractivity contribution in [3.63, 3.8) is 0 Å². The molecule has 2 heteroatoms. The summed E-state index contributed by atoms with van der Waals surface area (Å²) >= 11 is 0. The van der Waals surface area contributed by atoms with Crippen LogP contribution in [0.25, 0.3) is 10.8 Å². The number of benzene rings is 2. The molecule has 1 aliphatic rings. The van der Waals surface area contributed by atoms with Gasteiger partial charge in [-0.2, -0.15) is 0 Å². The first-order valence-electron chi connectivity index (χ1n) is 5.25. The lowest BCUT2D eigenvalue weighted by molar-refractivity contribution is 0.482. The van der Waals surface area contributed by atoms with Crippen LogP contribution in [0, 0.1) is 6.92 Å². The van der Waals surface area contributed by atoms with Gasteiger partial charge in [0, 0.05) is 23.7 Å². The van der Waals surface area contributed by atoms with E-state index in [0.29, 0.717) is 5.75 Å². The highest BCUT2D eigenvalue weighted by Gasteiger charge is 2.16. The summed E-state index contributed by atoms with van der Waals surface area (Å²) in [5.74, 6) is 0.377. The zero-order valence-corrected chi connectivity index (χ0v) is 8.67. The normalized spacial score (nSPS) is 13.9. The molecule has 1 aliphatic heterocycles. The number of phenols is 1. The number of hydrogen-bond donors (Lipinski definition) is 2. The van der Waals surface area contributed by atoms with Gasteiger partial charge in [-0.25, -0.2) is 0 Å². The second-order valence-electron chi connectivity index (χ2n) is 4.10. The molecule has 0 aromatic heterocycles. The van der Waals surface area contributed by atoms with Gasteiger partial charge < -0.3 is 10.4 Å². The molecule has 3 rings (SSSR count). The summed E-state index contributed by atoms with van der Waals surface area (Å²) < 4.78 is 0. The molecule has 0 amide bonds. The van der Waals surface area contributed by atoms with Crippen LogP contribution in [-0.2, 0) is 6.42 Å². The first kappa shape index (κ1) is 8.60. The maximum absolute atomic E-state index is 9.92. The first-order valence-corrected chi connectivity index (χ1v) is 5.25. The molecule has 2 aromatic carbocycles. The smallest absolute Gasteiger partial charge is 0.125 e. The average Bonchev–Trinajstić information content (AvgIpc) is 2.66. The molecule has 2 aromatic rings. The van der Waals surface area contributed by atoms with Crippen LogP contribution in [0.1, 0.15) is 11.1 Å². The van der Waals surface area contributed by atoms with Crippen LogP contribution < -0.4 is 5.32 Å². The van der Waals surface area contributed by atoms with E-state index in [-0.39, 0.29) is 0 Å². The Kier molecular flexibility index (Phi) is 1.66. The lowest BCUT2D eigenvalue weighted by atomic mass is 9.97. The van der Waals surface area contributed by atoms with Crippen LogP contribution in [0.3, 0.4) is 0 Å². The van der Waals surface area contributed by atoms with Gasteiger partial charge in [0.2, 0.25) is 0 Å². The van der Waals surface area contributed by atoms with Crippen molar-refractivity contribution in [2.24, 2.45) is 0 Å². The molecular weight excluding hydrogens is 186 g/mol. The minimum Gasteiger partial charge on any atom is -0.507 e. The van der Waals surface area contributed by atoms with Gasteiger partial charge in [-0.1, -0.05) is 18.2 Å². The van der Waals surface area contributed by atoms with Gasteiger partial charge in [0.25, 0.3) is 0 Å². The van der Waals surface area contributed by atoms with Crippen LogP contribution in [0.15, 0.2) is 24.3 Å². The number of aromatic hydroxyl groups is 1. The molecule has 0 saturated heterocycles. The minimum absolute atomic E-state index is 0.377. The van der Waals surface area contributed by atoms with Gasteiger partial charge in [0.15, 0.2) is 0 Å². The van der Waals surface area contributed by atoms with Crippen molar-refractivity contribution < 1.29 is 5.11 Å². The topological polar surface area (TPSA) is 32.3 Å². The summed E-state index contributed by atoms with van der Waals surface area (Å²) in [6, 6.07) is 7.91. The molecule has 15 heavy (non-hydrogen) atoms. The molecule has 0 bridgehead atoms. The number of aryl methyl sites for hydroxylation is 1. The molecule has 1 heterocycles. The second-order valence-corrected chi connectivity index (χ2v) is 4.10. The van der Waals surface area contributed by atoms with E-state index in [1.807, 2.05) is 18.2 Å². The molecule has 0 aliphatic carbocycles. The zero-order chi connectivity index (χ0) is 10.4. The fraction of sp³-hybridized carbons (Fsp3) is 0.231. The van der Waals surface area contributed by atoms with Crippen molar-refractivity contribution in [2.75, 3.05) is 11.9 Å². The first-order chi connectivity index (χ1) is 7.27. The second kappa shape index (κ2) is 2.89. The van der Waals surface area contributed by atoms with Crippen molar-refractivity contribution in [3.8, 4) is 5.75 Å². The molecular formula is C13H13NO. The molecule has 0 unspecified atom stereocenters. The summed E-state index contributed by atoms with van der Waals surface area (Å²) in [6.07, 6.45) is 1.05. The van der Waals surface area contributed by atoms with Gasteiger partial charge in [0.05, 0.1) is 0 Å². The van der Waals surface area contributed by atoms with E-state index in [4.69, 9.17) is 0 Å². The summed E-state index contributed by atoms with van der Waals surface area (Å²) in [4.78, 5) is 0. The summed E-state index contributed by atoms with van der Waals surface area (Å²) in [7, 11) is 0. The Labute approximate surface area is 88.5 Å². The number of rotatable bonds is 0. The van der Waals surface area contributed by atoms with Gasteiger partial charge in [-0.3, -0.25) is 0 Å². The Morgan fingerprint density at radius 1 is 1.33 bits per heavy atom. The monoisotopic (exact) mass is 199 g/mol. The Balaban J connectivity index is 2.51. The van der Waals surface area contributed by atoms with E-state index >= 15 is 0 Å². The predicted molar refractivity (Wildman–Crippen MR) is 62.5 cm³/mol. The molecule has 2 N–H and O–H groups in total. The highest BCUT2D eigenvalue weighted by atomic mass is 16.3. The van der Waals surface area contributed by atoms with Crippen molar-refractivity contribution in [1.82, 2.24) is 0 Å². The quantitative estimate of drug-likeness (QED) is 0.683. The van der Waals surface area contributed by atoms with Gasteiger partial charge >= 0.3 is 0 Å². The van der Waals surface area contributed by atoms with Crippen molar-refractivity contribution >= 4 is 16.5 Å². The largest absolute Gasteiger partial charge is 0.507 e. The highest BCUT2D eigenvalue weighted by Crippen LogP contribution is 2.37. The molecule has 0 radical (unpaired) electrons. The van der Waals surface area contributed by atoms with E-state index in [9.17, 15) is 5.11 Å². The van der Waals surface area contributed by atoms with Crippen LogP contribution in [0.2, 0.25) is 0 Å². The number of anilines is 1. The predicted octanol–water partition coefficient (Wildman–Crippen LogP) is 2.82. The van der Waals surface area contributed by atoms with Crippen LogP contribution in [0.4, 0.5) is 5.69 Å². The van der Waals surface area contributed by atoms with E-state index in [1.165, 1.54) is 16.5 Å². The Morgan fingerprint density at radius 2 is 2.20 bits per heavy atom. The Hall–Kier alpha value is -1.70. The fourth-order valence-electron chi connectivity index (χ4n) is 2.46. The van der Waals surface area contributed by atoms with Crippen LogP contribution >= 0.6 is 0 Å². The third-order valence-corrected chi connectivity index (χ3v) is 3.15. The standard InChI is InChI=1S/C13H13NO/c1-8-3-2-4-10-12(15)7-11-9(13(8)10)5-6-14-11/h2-4,7,14-15H,5-6H2,1H3. The summed E-state index contributed by atoms with van der Waals surface area (Å²) in [5.41, 5.74) is 3.68. The molecule has 2 nitrogen and oxygen atoms in total. The zero-order valence-electron chi connectivity index (χ0n) is 8.67. The minimum atomic E-state index is 0.377. The lowest BCUT2D eigenvalue weighted by Crippen LogP contribution is -1.90. The lowest BCUT2D eigenvalue weighted by Gasteiger charge is -2.09. The molecule has 0 atom stereocenters. The third kappa shape index (κ3) is 1.11. The molecule has 76 valence electrons. The summed E-state index contributed by atoms with van der Waals surface area (Å²) in [6.45, 7) is 3.07. The molecule has 0 spiro atoms. The van der Waals surface area contributed by atoms with E-state index in [0.717, 1.165) is 24.0 Å². The SMILES string of the molecule is Cc1cccc2c(O)cc3c(c12)CCN3. The highest BCUT2D eigenvalue weighted by molar-refractivity contribution is 5.97. The Bertz CT molecular complexity index is 546. The van der Waals surface area contributed by atoms with Crippen molar-refractivity contribution in [1.29, 1.82) is 0 Å². The van der Waals surface area contributed by atoms with Crippen LogP contribution in [-0.4, -0.2) is 11.7 Å². The third-order valence-electron chi connectivity index (χ3n) is 3.15. The molecule has 0 saturated carbocycles. The fourth-order valence-corrected chi connectivity index (χ4v) is 2.46. The van der Waals surface area contributed by atoms with E-state index < -0.39 is 0 Å². The average molecular weight is 199 g/mol. The summed E-state index contributed by atoms with van der Waals surface area (Å²) in [5, 5.41) is 15.4. The van der Waals surface area contributed by atoms with E-state index in [2.05, 4.69) is 18.3 Å². The number of nitrogens with one attached hydrogen (secondary N) is 1.